The Morgan fingerprint density at radius 1 is 1.36 bits per heavy atom. The van der Waals surface area contributed by atoms with Crippen molar-refractivity contribution < 1.29 is 23.8 Å². The van der Waals surface area contributed by atoms with E-state index in [0.717, 1.165) is 29.0 Å². The van der Waals surface area contributed by atoms with Gasteiger partial charge in [-0.25, -0.2) is 4.98 Å². The van der Waals surface area contributed by atoms with Crippen LogP contribution in [0.3, 0.4) is 0 Å². The highest BCUT2D eigenvalue weighted by molar-refractivity contribution is 7.14. The molecule has 9 heteroatoms. The Kier molecular flexibility index (Phi) is 6.96. The van der Waals surface area contributed by atoms with E-state index in [1.54, 1.807) is 7.11 Å². The third-order valence-corrected chi connectivity index (χ3v) is 4.90. The first-order chi connectivity index (χ1) is 13.6. The van der Waals surface area contributed by atoms with E-state index in [1.807, 2.05) is 23.6 Å². The molecule has 28 heavy (non-hydrogen) atoms. The van der Waals surface area contributed by atoms with Crippen molar-refractivity contribution >= 4 is 28.3 Å². The zero-order valence-corrected chi connectivity index (χ0v) is 16.6. The number of aromatic nitrogens is 1. The number of amides is 2. The lowest BCUT2D eigenvalue weighted by Crippen LogP contribution is -2.30. The predicted molar refractivity (Wildman–Crippen MR) is 106 cm³/mol. The topological polar surface area (TPSA) is 98.8 Å². The summed E-state index contributed by atoms with van der Waals surface area (Å²) in [5.41, 5.74) is 2.58. The largest absolute Gasteiger partial charge is 0.493 e. The second kappa shape index (κ2) is 9.63. The summed E-state index contributed by atoms with van der Waals surface area (Å²) in [6.07, 6.45) is 0.720. The number of hydrogen-bond acceptors (Lipinski definition) is 7. The van der Waals surface area contributed by atoms with Crippen LogP contribution in [-0.4, -0.2) is 50.3 Å². The van der Waals surface area contributed by atoms with Crippen LogP contribution in [0.2, 0.25) is 0 Å². The maximum atomic E-state index is 11.9. The van der Waals surface area contributed by atoms with E-state index in [2.05, 4.69) is 15.6 Å². The number of ether oxygens (including phenoxy) is 3. The number of benzene rings is 1. The minimum atomic E-state index is -0.262. The third kappa shape index (κ3) is 5.28. The molecular formula is C19H23N3O5S. The van der Waals surface area contributed by atoms with E-state index in [-0.39, 0.29) is 24.5 Å². The van der Waals surface area contributed by atoms with Gasteiger partial charge in [-0.2, -0.15) is 0 Å². The van der Waals surface area contributed by atoms with E-state index >= 15 is 0 Å². The molecule has 0 saturated heterocycles. The molecule has 0 radical (unpaired) electrons. The van der Waals surface area contributed by atoms with Gasteiger partial charge in [-0.1, -0.05) is 0 Å². The van der Waals surface area contributed by atoms with E-state index in [9.17, 15) is 9.59 Å². The quantitative estimate of drug-likeness (QED) is 0.654. The van der Waals surface area contributed by atoms with Gasteiger partial charge in [-0.15, -0.1) is 11.3 Å². The second-order valence-electron chi connectivity index (χ2n) is 6.27. The Balaban J connectivity index is 1.68. The molecule has 2 N–H and O–H groups in total. The summed E-state index contributed by atoms with van der Waals surface area (Å²) in [5.74, 6) is 0.432. The fourth-order valence-electron chi connectivity index (χ4n) is 2.88. The summed E-state index contributed by atoms with van der Waals surface area (Å²) in [6.45, 7) is 2.83. The molecule has 0 fully saturated rings. The maximum Gasteiger partial charge on any atom is 0.252 e. The number of fused-ring (bicyclic) bond motifs is 1. The molecule has 0 bridgehead atoms. The van der Waals surface area contributed by atoms with Gasteiger partial charge in [0.15, 0.2) is 5.13 Å². The molecule has 1 unspecified atom stereocenters. The standard InChI is InChI=1S/C19H23N3O5S/c1-12(23)20-15-5-6-27-17-4-3-13(9-14(15)17)16-11-28-19(21-16)22-18(24)10-26-8-7-25-2/h3-4,9,11,15H,5-8,10H2,1-2H3,(H,20,23)(H,21,22,24). The Morgan fingerprint density at radius 2 is 2.21 bits per heavy atom. The van der Waals surface area contributed by atoms with Crippen LogP contribution in [0.15, 0.2) is 23.6 Å². The first-order valence-electron chi connectivity index (χ1n) is 8.93. The molecular weight excluding hydrogens is 382 g/mol. The first kappa shape index (κ1) is 20.2. The number of nitrogens with one attached hydrogen (secondary N) is 2. The molecule has 1 aliphatic rings. The van der Waals surface area contributed by atoms with Gasteiger partial charge in [0, 0.05) is 37.0 Å². The molecule has 2 aromatic rings. The van der Waals surface area contributed by atoms with Gasteiger partial charge in [0.05, 0.1) is 31.6 Å². The second-order valence-corrected chi connectivity index (χ2v) is 7.13. The van der Waals surface area contributed by atoms with Crippen LogP contribution in [0.1, 0.15) is 24.9 Å². The number of rotatable bonds is 8. The molecule has 8 nitrogen and oxygen atoms in total. The predicted octanol–water partition coefficient (Wildman–Crippen LogP) is 2.37. The van der Waals surface area contributed by atoms with Gasteiger partial charge >= 0.3 is 0 Å². The molecule has 1 atom stereocenters. The number of hydrogen-bond donors (Lipinski definition) is 2. The lowest BCUT2D eigenvalue weighted by Gasteiger charge is -2.26. The van der Waals surface area contributed by atoms with E-state index in [4.69, 9.17) is 14.2 Å². The Hall–Kier alpha value is -2.49. The van der Waals surface area contributed by atoms with Crippen LogP contribution in [0.4, 0.5) is 5.13 Å². The summed E-state index contributed by atoms with van der Waals surface area (Å²) >= 11 is 1.34. The summed E-state index contributed by atoms with van der Waals surface area (Å²) in [6, 6.07) is 5.70. The number of carbonyl (C=O) groups is 2. The number of carbonyl (C=O) groups excluding carboxylic acids is 2. The number of methoxy groups -OCH3 is 1. The van der Waals surface area contributed by atoms with Crippen molar-refractivity contribution in [1.82, 2.24) is 10.3 Å². The molecule has 0 saturated carbocycles. The lowest BCUT2D eigenvalue weighted by atomic mass is 9.97. The fraction of sp³-hybridized carbons (Fsp3) is 0.421. The minimum Gasteiger partial charge on any atom is -0.493 e. The summed E-state index contributed by atoms with van der Waals surface area (Å²) in [4.78, 5) is 27.8. The van der Waals surface area contributed by atoms with E-state index in [0.29, 0.717) is 25.0 Å². The highest BCUT2D eigenvalue weighted by Gasteiger charge is 2.23. The van der Waals surface area contributed by atoms with Gasteiger partial charge < -0.3 is 19.5 Å². The van der Waals surface area contributed by atoms with Crippen LogP contribution in [0.5, 0.6) is 5.75 Å². The third-order valence-electron chi connectivity index (χ3n) is 4.14. The van der Waals surface area contributed by atoms with Crippen LogP contribution >= 0.6 is 11.3 Å². The summed E-state index contributed by atoms with van der Waals surface area (Å²) < 4.78 is 15.7. The zero-order chi connectivity index (χ0) is 19.9. The average Bonchev–Trinajstić information content (AvgIpc) is 3.13. The molecule has 0 aliphatic carbocycles. The molecule has 150 valence electrons. The van der Waals surface area contributed by atoms with Crippen LogP contribution in [0.25, 0.3) is 11.3 Å². The molecule has 1 aromatic heterocycles. The Labute approximate surface area is 167 Å². The highest BCUT2D eigenvalue weighted by Crippen LogP contribution is 2.36. The average molecular weight is 405 g/mol. The number of nitrogens with zero attached hydrogens (tertiary/aromatic N) is 1. The van der Waals surface area contributed by atoms with Crippen molar-refractivity contribution in [2.45, 2.75) is 19.4 Å². The van der Waals surface area contributed by atoms with Gasteiger partial charge in [0.1, 0.15) is 12.4 Å². The van der Waals surface area contributed by atoms with Crippen LogP contribution < -0.4 is 15.4 Å². The smallest absolute Gasteiger partial charge is 0.252 e. The van der Waals surface area contributed by atoms with Crippen molar-refractivity contribution in [1.29, 1.82) is 0 Å². The van der Waals surface area contributed by atoms with Crippen molar-refractivity contribution in [2.75, 3.05) is 38.9 Å². The van der Waals surface area contributed by atoms with Crippen LogP contribution in [-0.2, 0) is 19.1 Å². The Bertz CT molecular complexity index is 839. The molecule has 2 amide bonds. The normalized spacial score (nSPS) is 15.4. The molecule has 1 aromatic carbocycles. The summed E-state index contributed by atoms with van der Waals surface area (Å²) in [5, 5.41) is 8.06. The number of anilines is 1. The van der Waals surface area contributed by atoms with Crippen LogP contribution in [0, 0.1) is 0 Å². The summed E-state index contributed by atoms with van der Waals surface area (Å²) in [7, 11) is 1.58. The lowest BCUT2D eigenvalue weighted by molar-refractivity contribution is -0.121. The molecule has 3 rings (SSSR count). The number of thiazole rings is 1. The molecule has 0 spiro atoms. The molecule has 1 aliphatic heterocycles. The van der Waals surface area contributed by atoms with E-state index in [1.165, 1.54) is 18.3 Å². The van der Waals surface area contributed by atoms with Gasteiger partial charge in [-0.3, -0.25) is 14.9 Å². The molecule has 2 heterocycles. The van der Waals surface area contributed by atoms with Crippen molar-refractivity contribution in [3.63, 3.8) is 0 Å². The van der Waals surface area contributed by atoms with Crippen molar-refractivity contribution in [2.24, 2.45) is 0 Å². The fourth-order valence-corrected chi connectivity index (χ4v) is 3.61. The first-order valence-corrected chi connectivity index (χ1v) is 9.81. The van der Waals surface area contributed by atoms with E-state index < -0.39 is 0 Å². The minimum absolute atomic E-state index is 0.0488. The van der Waals surface area contributed by atoms with Gasteiger partial charge in [-0.05, 0) is 18.2 Å². The van der Waals surface area contributed by atoms with Gasteiger partial charge in [0.2, 0.25) is 5.91 Å². The monoisotopic (exact) mass is 405 g/mol. The van der Waals surface area contributed by atoms with Crippen molar-refractivity contribution in [3.8, 4) is 17.0 Å². The maximum absolute atomic E-state index is 11.9. The Morgan fingerprint density at radius 3 is 3.00 bits per heavy atom. The zero-order valence-electron chi connectivity index (χ0n) is 15.8. The van der Waals surface area contributed by atoms with Gasteiger partial charge in [0.25, 0.3) is 5.91 Å². The SMILES string of the molecule is COCCOCC(=O)Nc1nc(-c2ccc3c(c2)C(NC(C)=O)CCO3)cs1. The highest BCUT2D eigenvalue weighted by atomic mass is 32.1. The van der Waals surface area contributed by atoms with Crippen molar-refractivity contribution in [3.05, 3.63) is 29.1 Å².